The molecule has 0 saturated carbocycles. The number of carbonyl (C=O) groups is 2. The first-order chi connectivity index (χ1) is 13.7. The van der Waals surface area contributed by atoms with E-state index in [0.717, 1.165) is 24.7 Å². The number of fused-ring (bicyclic) bond motifs is 1. The average Bonchev–Trinajstić information content (AvgIpc) is 2.66. The number of aryl methyl sites for hydroxylation is 2. The van der Waals surface area contributed by atoms with E-state index in [4.69, 9.17) is 4.74 Å². The zero-order valence-corrected chi connectivity index (χ0v) is 17.4. The second-order valence-electron chi connectivity index (χ2n) is 7.43. The van der Waals surface area contributed by atoms with Crippen LogP contribution in [0.1, 0.15) is 46.8 Å². The minimum atomic E-state index is -3.38. The number of ether oxygens (including phenoxy) is 1. The molecule has 154 valence electrons. The highest BCUT2D eigenvalue weighted by molar-refractivity contribution is 7.92. The maximum Gasteiger partial charge on any atom is 0.310 e. The molecule has 6 nitrogen and oxygen atoms in total. The van der Waals surface area contributed by atoms with E-state index >= 15 is 0 Å². The molecule has 2 aromatic carbocycles. The molecule has 0 bridgehead atoms. The Morgan fingerprint density at radius 1 is 1.03 bits per heavy atom. The Morgan fingerprint density at radius 2 is 1.69 bits per heavy atom. The molecule has 1 aliphatic rings. The van der Waals surface area contributed by atoms with Gasteiger partial charge in [0.25, 0.3) is 0 Å². The van der Waals surface area contributed by atoms with E-state index in [9.17, 15) is 18.0 Å². The zero-order chi connectivity index (χ0) is 21.0. The van der Waals surface area contributed by atoms with E-state index < -0.39 is 22.1 Å². The minimum Gasteiger partial charge on any atom is -0.454 e. The van der Waals surface area contributed by atoms with Gasteiger partial charge in [-0.15, -0.1) is 0 Å². The Bertz CT molecular complexity index is 1010. The summed E-state index contributed by atoms with van der Waals surface area (Å²) >= 11 is 0. The van der Waals surface area contributed by atoms with Crippen LogP contribution in [0.5, 0.6) is 0 Å². The van der Waals surface area contributed by atoms with Gasteiger partial charge in [0.05, 0.1) is 12.7 Å². The molecule has 0 heterocycles. The van der Waals surface area contributed by atoms with Gasteiger partial charge < -0.3 is 4.74 Å². The number of benzene rings is 2. The van der Waals surface area contributed by atoms with Crippen molar-refractivity contribution in [3.8, 4) is 0 Å². The van der Waals surface area contributed by atoms with Crippen LogP contribution in [0.15, 0.2) is 42.5 Å². The summed E-state index contributed by atoms with van der Waals surface area (Å²) in [6.45, 7) is 1.54. The summed E-state index contributed by atoms with van der Waals surface area (Å²) in [6, 6.07) is 12.1. The van der Waals surface area contributed by atoms with Crippen molar-refractivity contribution in [3.05, 3.63) is 64.7 Å². The maximum absolute atomic E-state index is 12.5. The lowest BCUT2D eigenvalue weighted by atomic mass is 9.90. The van der Waals surface area contributed by atoms with E-state index in [0.29, 0.717) is 11.3 Å². The average molecular weight is 416 g/mol. The third-order valence-electron chi connectivity index (χ3n) is 4.91. The molecule has 0 aromatic heterocycles. The number of rotatable bonds is 7. The van der Waals surface area contributed by atoms with Crippen molar-refractivity contribution in [1.82, 2.24) is 0 Å². The third-order valence-corrected chi connectivity index (χ3v) is 5.52. The number of ketones is 1. The van der Waals surface area contributed by atoms with Gasteiger partial charge in [0.15, 0.2) is 6.10 Å². The third kappa shape index (κ3) is 5.90. The summed E-state index contributed by atoms with van der Waals surface area (Å²) in [7, 11) is -3.38. The minimum absolute atomic E-state index is 0.127. The molecule has 29 heavy (non-hydrogen) atoms. The first kappa shape index (κ1) is 21.0. The Labute approximate surface area is 171 Å². The van der Waals surface area contributed by atoms with Gasteiger partial charge in [-0.3, -0.25) is 14.3 Å². The van der Waals surface area contributed by atoms with Crippen LogP contribution in [0, 0.1) is 0 Å². The number of Topliss-reactive ketones (excluding diaryl/α,β-unsaturated/α-hetero) is 1. The van der Waals surface area contributed by atoms with E-state index in [1.54, 1.807) is 0 Å². The number of hydrogen-bond acceptors (Lipinski definition) is 5. The summed E-state index contributed by atoms with van der Waals surface area (Å²) in [5, 5.41) is 0. The molecule has 0 saturated heterocycles. The highest BCUT2D eigenvalue weighted by atomic mass is 32.2. The smallest absolute Gasteiger partial charge is 0.310 e. The van der Waals surface area contributed by atoms with Crippen LogP contribution < -0.4 is 4.72 Å². The van der Waals surface area contributed by atoms with Crippen molar-refractivity contribution in [1.29, 1.82) is 0 Å². The maximum atomic E-state index is 12.5. The molecule has 1 aliphatic carbocycles. The fourth-order valence-corrected chi connectivity index (χ4v) is 4.07. The van der Waals surface area contributed by atoms with Gasteiger partial charge in [0.1, 0.15) is 0 Å². The molecule has 0 amide bonds. The number of hydrogen-bond donors (Lipinski definition) is 1. The topological polar surface area (TPSA) is 89.5 Å². The number of carbonyl (C=O) groups excluding carboxylic acids is 2. The van der Waals surface area contributed by atoms with Gasteiger partial charge in [0.2, 0.25) is 15.8 Å². The number of nitrogens with one attached hydrogen (secondary N) is 1. The number of anilines is 1. The predicted octanol–water partition coefficient (Wildman–Crippen LogP) is 3.29. The molecule has 7 heteroatoms. The van der Waals surface area contributed by atoms with Gasteiger partial charge in [-0.2, -0.15) is 0 Å². The monoisotopic (exact) mass is 415 g/mol. The predicted molar refractivity (Wildman–Crippen MR) is 112 cm³/mol. The molecule has 3 rings (SSSR count). The fourth-order valence-electron chi connectivity index (χ4n) is 3.51. The Hall–Kier alpha value is -2.67. The summed E-state index contributed by atoms with van der Waals surface area (Å²) in [5.74, 6) is -0.785. The van der Waals surface area contributed by atoms with Crippen molar-refractivity contribution in [3.63, 3.8) is 0 Å². The molecular weight excluding hydrogens is 390 g/mol. The van der Waals surface area contributed by atoms with Crippen LogP contribution in [0.25, 0.3) is 0 Å². The van der Waals surface area contributed by atoms with E-state index in [-0.39, 0.29) is 12.2 Å². The van der Waals surface area contributed by atoms with Crippen LogP contribution in [-0.4, -0.2) is 32.5 Å². The summed E-state index contributed by atoms with van der Waals surface area (Å²) in [4.78, 5) is 24.8. The highest BCUT2D eigenvalue weighted by Crippen LogP contribution is 2.22. The molecular formula is C22H25NO5S. The van der Waals surface area contributed by atoms with Crippen LogP contribution in [0.4, 0.5) is 5.69 Å². The van der Waals surface area contributed by atoms with Crippen LogP contribution in [-0.2, 0) is 38.8 Å². The number of esters is 1. The van der Waals surface area contributed by atoms with Crippen molar-refractivity contribution >= 4 is 27.5 Å². The van der Waals surface area contributed by atoms with E-state index in [2.05, 4.69) is 16.9 Å². The molecule has 1 N–H and O–H groups in total. The summed E-state index contributed by atoms with van der Waals surface area (Å²) in [5.41, 5.74) is 4.25. The lowest BCUT2D eigenvalue weighted by Gasteiger charge is -2.17. The second-order valence-corrected chi connectivity index (χ2v) is 9.18. The molecule has 0 unspecified atom stereocenters. The molecule has 0 radical (unpaired) electrons. The van der Waals surface area contributed by atoms with Crippen molar-refractivity contribution in [2.45, 2.75) is 45.1 Å². The quantitative estimate of drug-likeness (QED) is 0.554. The Morgan fingerprint density at radius 3 is 2.34 bits per heavy atom. The molecule has 0 spiro atoms. The molecule has 0 aliphatic heterocycles. The molecule has 1 atom stereocenters. The number of sulfonamides is 1. The van der Waals surface area contributed by atoms with Crippen LogP contribution in [0.2, 0.25) is 0 Å². The van der Waals surface area contributed by atoms with Crippen molar-refractivity contribution < 1.29 is 22.7 Å². The molecule has 2 aromatic rings. The Kier molecular flexibility index (Phi) is 6.37. The molecule has 0 fully saturated rings. The highest BCUT2D eigenvalue weighted by Gasteiger charge is 2.20. The zero-order valence-electron chi connectivity index (χ0n) is 16.6. The van der Waals surface area contributed by atoms with Gasteiger partial charge >= 0.3 is 5.97 Å². The van der Waals surface area contributed by atoms with E-state index in [1.807, 2.05) is 6.07 Å². The van der Waals surface area contributed by atoms with Gasteiger partial charge in [-0.1, -0.05) is 18.2 Å². The first-order valence-electron chi connectivity index (χ1n) is 9.63. The second kappa shape index (κ2) is 8.78. The van der Waals surface area contributed by atoms with Gasteiger partial charge in [-0.25, -0.2) is 8.42 Å². The van der Waals surface area contributed by atoms with E-state index in [1.165, 1.54) is 55.2 Å². The van der Waals surface area contributed by atoms with Crippen LogP contribution >= 0.6 is 0 Å². The van der Waals surface area contributed by atoms with Gasteiger partial charge in [-0.05, 0) is 73.6 Å². The largest absolute Gasteiger partial charge is 0.454 e. The first-order valence-corrected chi connectivity index (χ1v) is 11.5. The summed E-state index contributed by atoms with van der Waals surface area (Å²) < 4.78 is 30.1. The van der Waals surface area contributed by atoms with Crippen molar-refractivity contribution in [2.24, 2.45) is 0 Å². The standard InChI is InChI=1S/C22H25NO5S/c1-15(22(25)18-9-11-20(12-10-18)23-29(2,26)27)28-21(24)14-16-7-8-17-5-3-4-6-19(17)13-16/h7-13,15,23H,3-6,14H2,1-2H3/t15-/m0/s1. The van der Waals surface area contributed by atoms with Crippen LogP contribution in [0.3, 0.4) is 0 Å². The lowest BCUT2D eigenvalue weighted by molar-refractivity contribution is -0.145. The normalized spacial score (nSPS) is 14.6. The SMILES string of the molecule is C[C@H](OC(=O)Cc1ccc2c(c1)CCCC2)C(=O)c1ccc(NS(C)(=O)=O)cc1. The Balaban J connectivity index is 1.58. The fraction of sp³-hybridized carbons (Fsp3) is 0.364. The van der Waals surface area contributed by atoms with Gasteiger partial charge in [0, 0.05) is 11.3 Å². The summed E-state index contributed by atoms with van der Waals surface area (Å²) in [6.07, 6.45) is 4.76. The lowest BCUT2D eigenvalue weighted by Crippen LogP contribution is -2.25. The van der Waals surface area contributed by atoms with Crippen molar-refractivity contribution in [2.75, 3.05) is 11.0 Å².